The monoisotopic (exact) mass is 288 g/mol. The van der Waals surface area contributed by atoms with E-state index in [0.29, 0.717) is 11.1 Å². The van der Waals surface area contributed by atoms with Crippen molar-refractivity contribution in [1.82, 2.24) is 0 Å². The zero-order valence-electron chi connectivity index (χ0n) is 11.4. The maximum Gasteiger partial charge on any atom is 0.129 e. The Labute approximate surface area is 121 Å². The highest BCUT2D eigenvalue weighted by Gasteiger charge is 2.11. The molecular weight excluding hydrogens is 274 g/mol. The number of nitrogens with two attached hydrogens (primary N) is 1. The molecule has 2 rings (SSSR count). The molecule has 0 fully saturated rings. The molecule has 21 heavy (non-hydrogen) atoms. The summed E-state index contributed by atoms with van der Waals surface area (Å²) in [5.41, 5.74) is 6.99. The Morgan fingerprint density at radius 1 is 1.24 bits per heavy atom. The first kappa shape index (κ1) is 14.9. The van der Waals surface area contributed by atoms with E-state index in [1.165, 1.54) is 36.4 Å². The third-order valence-corrected chi connectivity index (χ3v) is 3.02. The number of hydrogen-bond acceptors (Lipinski definition) is 3. The summed E-state index contributed by atoms with van der Waals surface area (Å²) in [6, 6.07) is 9.63. The van der Waals surface area contributed by atoms with Gasteiger partial charge in [0.05, 0.1) is 11.6 Å². The lowest BCUT2D eigenvalue weighted by atomic mass is 10.1. The normalized spacial score (nSPS) is 11.8. The zero-order chi connectivity index (χ0) is 15.4. The first-order chi connectivity index (χ1) is 10.0. The lowest BCUT2D eigenvalue weighted by Crippen LogP contribution is -2.09. The van der Waals surface area contributed by atoms with Gasteiger partial charge in [-0.25, -0.2) is 8.78 Å². The standard InChI is InChI=1S/C16H14F2N2O/c1-10(20)14-4-3-13(17)7-16(14)21-9-12-6-11(8-19)2-5-15(12)18/h2-7,10H,9,20H2,1H3/t10-/m0/s1. The molecule has 0 aliphatic rings. The maximum absolute atomic E-state index is 13.7. The number of benzene rings is 2. The first-order valence-electron chi connectivity index (χ1n) is 6.37. The number of nitrogens with zero attached hydrogens (tertiary/aromatic N) is 1. The third-order valence-electron chi connectivity index (χ3n) is 3.02. The number of hydrogen-bond donors (Lipinski definition) is 1. The Kier molecular flexibility index (Phi) is 4.51. The minimum absolute atomic E-state index is 0.107. The molecule has 1 atom stereocenters. The minimum atomic E-state index is -0.479. The lowest BCUT2D eigenvalue weighted by molar-refractivity contribution is 0.294. The molecule has 0 unspecified atom stereocenters. The van der Waals surface area contributed by atoms with E-state index in [4.69, 9.17) is 15.7 Å². The SMILES string of the molecule is C[C@H](N)c1ccc(F)cc1OCc1cc(C#N)ccc1F. The highest BCUT2D eigenvalue weighted by atomic mass is 19.1. The van der Waals surface area contributed by atoms with Crippen LogP contribution < -0.4 is 10.5 Å². The van der Waals surface area contributed by atoms with Gasteiger partial charge in [-0.2, -0.15) is 5.26 Å². The predicted molar refractivity (Wildman–Crippen MR) is 74.4 cm³/mol. The average molecular weight is 288 g/mol. The van der Waals surface area contributed by atoms with Crippen LogP contribution in [0.25, 0.3) is 0 Å². The average Bonchev–Trinajstić information content (AvgIpc) is 2.46. The van der Waals surface area contributed by atoms with Crippen LogP contribution >= 0.6 is 0 Å². The summed E-state index contributed by atoms with van der Waals surface area (Å²) >= 11 is 0. The second-order valence-electron chi connectivity index (χ2n) is 4.68. The van der Waals surface area contributed by atoms with Crippen molar-refractivity contribution in [3.63, 3.8) is 0 Å². The van der Waals surface area contributed by atoms with Crippen LogP contribution in [0.15, 0.2) is 36.4 Å². The van der Waals surface area contributed by atoms with Crippen molar-refractivity contribution in [3.05, 3.63) is 64.7 Å². The fraction of sp³-hybridized carbons (Fsp3) is 0.188. The summed E-state index contributed by atoms with van der Waals surface area (Å²) < 4.78 is 32.4. The Bertz CT molecular complexity index is 693. The molecule has 0 aliphatic carbocycles. The Balaban J connectivity index is 2.24. The van der Waals surface area contributed by atoms with E-state index in [-0.39, 0.29) is 24.0 Å². The number of nitriles is 1. The summed E-state index contributed by atoms with van der Waals surface area (Å²) in [5.74, 6) is -0.667. The summed E-state index contributed by atoms with van der Waals surface area (Å²) in [6.45, 7) is 1.64. The number of rotatable bonds is 4. The molecule has 0 aromatic heterocycles. The summed E-state index contributed by atoms with van der Waals surface area (Å²) in [4.78, 5) is 0. The van der Waals surface area contributed by atoms with Crippen molar-refractivity contribution in [3.8, 4) is 11.8 Å². The van der Waals surface area contributed by atoms with E-state index in [9.17, 15) is 8.78 Å². The van der Waals surface area contributed by atoms with Gasteiger partial charge in [0.2, 0.25) is 0 Å². The highest BCUT2D eigenvalue weighted by Crippen LogP contribution is 2.26. The molecule has 2 aromatic carbocycles. The summed E-state index contributed by atoms with van der Waals surface area (Å²) in [5, 5.41) is 8.81. The van der Waals surface area contributed by atoms with Gasteiger partial charge >= 0.3 is 0 Å². The van der Waals surface area contributed by atoms with Gasteiger partial charge in [0.1, 0.15) is 24.0 Å². The topological polar surface area (TPSA) is 59.0 Å². The molecule has 2 N–H and O–H groups in total. The molecule has 5 heteroatoms. The molecule has 108 valence electrons. The Morgan fingerprint density at radius 3 is 2.67 bits per heavy atom. The molecule has 0 saturated heterocycles. The molecule has 0 spiro atoms. The van der Waals surface area contributed by atoms with Gasteiger partial charge in [0.15, 0.2) is 0 Å². The van der Waals surface area contributed by atoms with Crippen molar-refractivity contribution < 1.29 is 13.5 Å². The Hall–Kier alpha value is -2.45. The van der Waals surface area contributed by atoms with E-state index in [1.54, 1.807) is 6.92 Å². The molecule has 2 aromatic rings. The van der Waals surface area contributed by atoms with E-state index < -0.39 is 11.6 Å². The van der Waals surface area contributed by atoms with Crippen molar-refractivity contribution >= 4 is 0 Å². The number of halogens is 2. The van der Waals surface area contributed by atoms with Gasteiger partial charge in [-0.15, -0.1) is 0 Å². The van der Waals surface area contributed by atoms with Crippen LogP contribution in [0, 0.1) is 23.0 Å². The van der Waals surface area contributed by atoms with Gasteiger partial charge in [0, 0.05) is 23.2 Å². The van der Waals surface area contributed by atoms with Crippen LogP contribution in [0.5, 0.6) is 5.75 Å². The molecule has 0 saturated carbocycles. The van der Waals surface area contributed by atoms with Crippen LogP contribution in [0.3, 0.4) is 0 Å². The van der Waals surface area contributed by atoms with Gasteiger partial charge in [-0.05, 0) is 31.2 Å². The van der Waals surface area contributed by atoms with Crippen LogP contribution in [0.2, 0.25) is 0 Å². The van der Waals surface area contributed by atoms with Crippen LogP contribution in [-0.2, 0) is 6.61 Å². The molecule has 0 amide bonds. The first-order valence-corrected chi connectivity index (χ1v) is 6.37. The molecule has 3 nitrogen and oxygen atoms in total. The van der Waals surface area contributed by atoms with Crippen molar-refractivity contribution in [1.29, 1.82) is 5.26 Å². The van der Waals surface area contributed by atoms with Crippen LogP contribution in [0.1, 0.15) is 29.7 Å². The van der Waals surface area contributed by atoms with Gasteiger partial charge in [-0.3, -0.25) is 0 Å². The molecule has 0 radical (unpaired) electrons. The van der Waals surface area contributed by atoms with Gasteiger partial charge < -0.3 is 10.5 Å². The van der Waals surface area contributed by atoms with E-state index in [1.807, 2.05) is 6.07 Å². The summed E-state index contributed by atoms with van der Waals surface area (Å²) in [7, 11) is 0. The van der Waals surface area contributed by atoms with E-state index in [2.05, 4.69) is 0 Å². The fourth-order valence-electron chi connectivity index (χ4n) is 1.92. The second kappa shape index (κ2) is 6.33. The predicted octanol–water partition coefficient (Wildman–Crippen LogP) is 3.44. The van der Waals surface area contributed by atoms with E-state index >= 15 is 0 Å². The van der Waals surface area contributed by atoms with Crippen molar-refractivity contribution in [2.24, 2.45) is 5.73 Å². The maximum atomic E-state index is 13.7. The van der Waals surface area contributed by atoms with Crippen LogP contribution in [0.4, 0.5) is 8.78 Å². The summed E-state index contributed by atoms with van der Waals surface area (Å²) in [6.07, 6.45) is 0. The van der Waals surface area contributed by atoms with E-state index in [0.717, 1.165) is 0 Å². The minimum Gasteiger partial charge on any atom is -0.488 e. The molecular formula is C16H14F2N2O. The Morgan fingerprint density at radius 2 is 2.00 bits per heavy atom. The zero-order valence-corrected chi connectivity index (χ0v) is 11.4. The van der Waals surface area contributed by atoms with Crippen molar-refractivity contribution in [2.45, 2.75) is 19.6 Å². The molecule has 0 bridgehead atoms. The lowest BCUT2D eigenvalue weighted by Gasteiger charge is -2.14. The quantitative estimate of drug-likeness (QED) is 0.937. The molecule has 0 aliphatic heterocycles. The highest BCUT2D eigenvalue weighted by molar-refractivity contribution is 5.37. The smallest absolute Gasteiger partial charge is 0.129 e. The van der Waals surface area contributed by atoms with Crippen molar-refractivity contribution in [2.75, 3.05) is 0 Å². The number of ether oxygens (including phenoxy) is 1. The third kappa shape index (κ3) is 3.56. The largest absolute Gasteiger partial charge is 0.488 e. The second-order valence-corrected chi connectivity index (χ2v) is 4.68. The molecule has 0 heterocycles. The van der Waals surface area contributed by atoms with Gasteiger partial charge in [0.25, 0.3) is 0 Å². The fourth-order valence-corrected chi connectivity index (χ4v) is 1.92. The van der Waals surface area contributed by atoms with Crippen LogP contribution in [-0.4, -0.2) is 0 Å². The van der Waals surface area contributed by atoms with Gasteiger partial charge in [-0.1, -0.05) is 6.07 Å².